The first-order valence-electron chi connectivity index (χ1n) is 6.82. The summed E-state index contributed by atoms with van der Waals surface area (Å²) < 4.78 is 0.926. The van der Waals surface area contributed by atoms with Gasteiger partial charge >= 0.3 is 0 Å². The number of aryl methyl sites for hydroxylation is 1. The minimum Gasteiger partial charge on any atom is -0.369 e. The van der Waals surface area contributed by atoms with Crippen molar-refractivity contribution in [3.05, 3.63) is 38.4 Å². The van der Waals surface area contributed by atoms with Gasteiger partial charge < -0.3 is 5.32 Å². The SMILES string of the molecule is CCCc1nc(-c2ccc(Cl)c(Cl)c2)nc(NCC)c1Br. The van der Waals surface area contributed by atoms with E-state index in [0.29, 0.717) is 15.9 Å². The van der Waals surface area contributed by atoms with Crippen LogP contribution in [0.5, 0.6) is 0 Å². The van der Waals surface area contributed by atoms with Gasteiger partial charge in [0.15, 0.2) is 5.82 Å². The van der Waals surface area contributed by atoms with Gasteiger partial charge in [-0.05, 0) is 47.5 Å². The Kier molecular flexibility index (Phi) is 5.85. The van der Waals surface area contributed by atoms with E-state index in [1.54, 1.807) is 12.1 Å². The van der Waals surface area contributed by atoms with E-state index in [4.69, 9.17) is 23.2 Å². The Morgan fingerprint density at radius 3 is 2.52 bits per heavy atom. The molecule has 0 unspecified atom stereocenters. The number of rotatable bonds is 5. The van der Waals surface area contributed by atoms with Gasteiger partial charge in [-0.15, -0.1) is 0 Å². The maximum Gasteiger partial charge on any atom is 0.161 e. The van der Waals surface area contributed by atoms with Crippen molar-refractivity contribution in [2.24, 2.45) is 0 Å². The van der Waals surface area contributed by atoms with Crippen LogP contribution in [0.3, 0.4) is 0 Å². The molecule has 1 aromatic heterocycles. The maximum absolute atomic E-state index is 6.08. The molecule has 0 saturated heterocycles. The van der Waals surface area contributed by atoms with E-state index in [0.717, 1.165) is 40.9 Å². The van der Waals surface area contributed by atoms with Crippen LogP contribution in [0.4, 0.5) is 5.82 Å². The van der Waals surface area contributed by atoms with Crippen molar-refractivity contribution < 1.29 is 0 Å². The van der Waals surface area contributed by atoms with Crippen LogP contribution >= 0.6 is 39.1 Å². The van der Waals surface area contributed by atoms with Crippen LogP contribution in [-0.2, 0) is 6.42 Å². The Hall–Kier alpha value is -0.840. The Morgan fingerprint density at radius 2 is 1.90 bits per heavy atom. The maximum atomic E-state index is 6.08. The molecule has 0 aliphatic heterocycles. The van der Waals surface area contributed by atoms with Gasteiger partial charge in [-0.25, -0.2) is 9.97 Å². The summed E-state index contributed by atoms with van der Waals surface area (Å²) in [5.74, 6) is 1.45. The van der Waals surface area contributed by atoms with Crippen LogP contribution in [0, 0.1) is 0 Å². The van der Waals surface area contributed by atoms with Crippen LogP contribution in [0.2, 0.25) is 10.0 Å². The largest absolute Gasteiger partial charge is 0.369 e. The zero-order valence-corrected chi connectivity index (χ0v) is 15.0. The number of benzene rings is 1. The molecule has 0 fully saturated rings. The molecule has 21 heavy (non-hydrogen) atoms. The Bertz CT molecular complexity index is 620. The highest BCUT2D eigenvalue weighted by Crippen LogP contribution is 2.31. The average molecular weight is 389 g/mol. The molecule has 0 bridgehead atoms. The second-order valence-corrected chi connectivity index (χ2v) is 6.17. The van der Waals surface area contributed by atoms with Crippen LogP contribution in [0.15, 0.2) is 22.7 Å². The summed E-state index contributed by atoms with van der Waals surface area (Å²) in [7, 11) is 0. The standard InChI is InChI=1S/C15H16BrCl2N3/c1-3-5-12-13(16)15(19-4-2)21-14(20-12)9-6-7-10(17)11(18)8-9/h6-8H,3-5H2,1-2H3,(H,19,20,21). The lowest BCUT2D eigenvalue weighted by Gasteiger charge is -2.12. The van der Waals surface area contributed by atoms with Crippen molar-refractivity contribution in [3.8, 4) is 11.4 Å². The Balaban J connectivity index is 2.53. The number of hydrogen-bond donors (Lipinski definition) is 1. The van der Waals surface area contributed by atoms with Gasteiger partial charge in [0, 0.05) is 12.1 Å². The number of halogens is 3. The lowest BCUT2D eigenvalue weighted by Crippen LogP contribution is -2.06. The molecule has 0 radical (unpaired) electrons. The fourth-order valence-corrected chi connectivity index (χ4v) is 2.76. The number of hydrogen-bond acceptors (Lipinski definition) is 3. The molecule has 6 heteroatoms. The topological polar surface area (TPSA) is 37.8 Å². The molecule has 3 nitrogen and oxygen atoms in total. The molecule has 0 saturated carbocycles. The Labute approximate surface area is 143 Å². The van der Waals surface area contributed by atoms with Crippen LogP contribution in [-0.4, -0.2) is 16.5 Å². The van der Waals surface area contributed by atoms with E-state index in [-0.39, 0.29) is 0 Å². The zero-order valence-electron chi connectivity index (χ0n) is 11.9. The molecular weight excluding hydrogens is 373 g/mol. The third kappa shape index (κ3) is 3.87. The fourth-order valence-electron chi connectivity index (χ4n) is 1.94. The third-order valence-corrected chi connectivity index (χ3v) is 4.50. The fraction of sp³-hybridized carbons (Fsp3) is 0.333. The van der Waals surface area contributed by atoms with Gasteiger partial charge in [0.25, 0.3) is 0 Å². The second-order valence-electron chi connectivity index (χ2n) is 4.57. The first kappa shape index (κ1) is 16.5. The third-order valence-electron chi connectivity index (χ3n) is 2.93. The normalized spacial score (nSPS) is 10.7. The van der Waals surface area contributed by atoms with E-state index in [9.17, 15) is 0 Å². The van der Waals surface area contributed by atoms with Crippen molar-refractivity contribution in [2.75, 3.05) is 11.9 Å². The molecule has 1 aromatic carbocycles. The van der Waals surface area contributed by atoms with Crippen LogP contribution in [0.25, 0.3) is 11.4 Å². The minimum absolute atomic E-state index is 0.503. The number of anilines is 1. The van der Waals surface area contributed by atoms with Crippen LogP contribution < -0.4 is 5.32 Å². The molecule has 0 aliphatic carbocycles. The van der Waals surface area contributed by atoms with Gasteiger partial charge in [-0.2, -0.15) is 0 Å². The molecule has 2 aromatic rings. The molecular formula is C15H16BrCl2N3. The van der Waals surface area contributed by atoms with Gasteiger partial charge in [0.2, 0.25) is 0 Å². The minimum atomic E-state index is 0.503. The summed E-state index contributed by atoms with van der Waals surface area (Å²) in [6.45, 7) is 4.95. The van der Waals surface area contributed by atoms with Crippen LogP contribution in [0.1, 0.15) is 26.0 Å². The summed E-state index contributed by atoms with van der Waals surface area (Å²) in [5.41, 5.74) is 1.85. The first-order chi connectivity index (χ1) is 10.1. The van der Waals surface area contributed by atoms with Gasteiger partial charge in [-0.3, -0.25) is 0 Å². The van der Waals surface area contributed by atoms with E-state index in [1.807, 2.05) is 13.0 Å². The van der Waals surface area contributed by atoms with E-state index >= 15 is 0 Å². The summed E-state index contributed by atoms with van der Waals surface area (Å²) in [6, 6.07) is 5.43. The van der Waals surface area contributed by atoms with Crippen molar-refractivity contribution >= 4 is 44.9 Å². The number of nitrogens with one attached hydrogen (secondary N) is 1. The van der Waals surface area contributed by atoms with Gasteiger partial charge in [0.05, 0.1) is 20.2 Å². The molecule has 0 atom stereocenters. The number of aromatic nitrogens is 2. The highest BCUT2D eigenvalue weighted by molar-refractivity contribution is 9.10. The summed E-state index contributed by atoms with van der Waals surface area (Å²) in [6.07, 6.45) is 1.90. The lowest BCUT2D eigenvalue weighted by molar-refractivity contribution is 0.867. The quantitative estimate of drug-likeness (QED) is 0.724. The molecule has 0 spiro atoms. The zero-order chi connectivity index (χ0) is 15.4. The number of nitrogens with zero attached hydrogens (tertiary/aromatic N) is 2. The van der Waals surface area contributed by atoms with Gasteiger partial charge in [0.1, 0.15) is 5.82 Å². The summed E-state index contributed by atoms with van der Waals surface area (Å²) in [4.78, 5) is 9.22. The van der Waals surface area contributed by atoms with Gasteiger partial charge in [-0.1, -0.05) is 36.5 Å². The lowest BCUT2D eigenvalue weighted by atomic mass is 10.2. The van der Waals surface area contributed by atoms with E-state index in [1.165, 1.54) is 0 Å². The smallest absolute Gasteiger partial charge is 0.161 e. The van der Waals surface area contributed by atoms with Crippen molar-refractivity contribution in [2.45, 2.75) is 26.7 Å². The molecule has 112 valence electrons. The molecule has 1 N–H and O–H groups in total. The Morgan fingerprint density at radius 1 is 1.14 bits per heavy atom. The van der Waals surface area contributed by atoms with E-state index < -0.39 is 0 Å². The average Bonchev–Trinajstić information content (AvgIpc) is 2.46. The van der Waals surface area contributed by atoms with Crippen molar-refractivity contribution in [1.29, 1.82) is 0 Å². The second kappa shape index (κ2) is 7.43. The predicted octanol–water partition coefficient (Wildman–Crippen LogP) is 5.60. The monoisotopic (exact) mass is 387 g/mol. The molecule has 1 heterocycles. The predicted molar refractivity (Wildman–Crippen MR) is 93.3 cm³/mol. The highest BCUT2D eigenvalue weighted by Gasteiger charge is 2.13. The van der Waals surface area contributed by atoms with Crippen molar-refractivity contribution in [1.82, 2.24) is 9.97 Å². The molecule has 0 aliphatic rings. The van der Waals surface area contributed by atoms with Crippen molar-refractivity contribution in [3.63, 3.8) is 0 Å². The van der Waals surface area contributed by atoms with E-state index in [2.05, 4.69) is 38.1 Å². The first-order valence-corrected chi connectivity index (χ1v) is 8.37. The summed E-state index contributed by atoms with van der Waals surface area (Å²) in [5, 5.41) is 4.28. The highest BCUT2D eigenvalue weighted by atomic mass is 79.9. The molecule has 0 amide bonds. The summed E-state index contributed by atoms with van der Waals surface area (Å²) >= 11 is 15.6. The molecule has 2 rings (SSSR count).